The first-order valence-corrected chi connectivity index (χ1v) is 8.10. The molecule has 0 bridgehead atoms. The lowest BCUT2D eigenvalue weighted by Crippen LogP contribution is -2.07. The maximum atomic E-state index is 6.11. The van der Waals surface area contributed by atoms with Crippen molar-refractivity contribution in [3.63, 3.8) is 0 Å². The van der Waals surface area contributed by atoms with E-state index >= 15 is 0 Å². The molecule has 0 saturated heterocycles. The minimum atomic E-state index is 0.433. The van der Waals surface area contributed by atoms with Crippen LogP contribution >= 0.6 is 0 Å². The zero-order valence-corrected chi connectivity index (χ0v) is 13.2. The highest BCUT2D eigenvalue weighted by Gasteiger charge is 2.22. The number of hydrogen-bond donors (Lipinski definition) is 1. The molecule has 23 heavy (non-hydrogen) atoms. The SMILES string of the molecule is Cc1ccnc(Cn2cnc3c(N)nc(C4CCCC4)nc32)c1. The van der Waals surface area contributed by atoms with Crippen molar-refractivity contribution in [2.24, 2.45) is 0 Å². The number of nitrogens with two attached hydrogens (primary N) is 1. The van der Waals surface area contributed by atoms with Gasteiger partial charge in [0.2, 0.25) is 0 Å². The van der Waals surface area contributed by atoms with Crippen molar-refractivity contribution in [3.05, 3.63) is 41.7 Å². The standard InChI is InChI=1S/C17H20N6/c1-11-6-7-19-13(8-11)9-23-10-20-14-15(18)21-16(22-17(14)23)12-4-2-3-5-12/h6-8,10,12H,2-5,9H2,1H3,(H2,18,21,22). The van der Waals surface area contributed by atoms with Crippen LogP contribution in [0.1, 0.15) is 48.7 Å². The van der Waals surface area contributed by atoms with Gasteiger partial charge in [0.15, 0.2) is 11.5 Å². The van der Waals surface area contributed by atoms with Gasteiger partial charge in [0.25, 0.3) is 0 Å². The zero-order valence-electron chi connectivity index (χ0n) is 13.2. The minimum Gasteiger partial charge on any atom is -0.382 e. The Morgan fingerprint density at radius 3 is 2.83 bits per heavy atom. The van der Waals surface area contributed by atoms with Crippen molar-refractivity contribution in [3.8, 4) is 0 Å². The van der Waals surface area contributed by atoms with E-state index in [2.05, 4.69) is 27.9 Å². The summed E-state index contributed by atoms with van der Waals surface area (Å²) in [4.78, 5) is 18.1. The van der Waals surface area contributed by atoms with E-state index in [4.69, 9.17) is 10.7 Å². The summed E-state index contributed by atoms with van der Waals surface area (Å²) in [5.74, 6) is 1.78. The molecule has 3 aromatic heterocycles. The molecule has 0 aliphatic heterocycles. The number of pyridine rings is 1. The first-order valence-electron chi connectivity index (χ1n) is 8.10. The summed E-state index contributed by atoms with van der Waals surface area (Å²) in [5.41, 5.74) is 9.79. The number of imidazole rings is 1. The van der Waals surface area contributed by atoms with E-state index in [9.17, 15) is 0 Å². The highest BCUT2D eigenvalue weighted by Crippen LogP contribution is 2.33. The molecule has 1 aliphatic rings. The molecule has 0 atom stereocenters. The molecular weight excluding hydrogens is 288 g/mol. The van der Waals surface area contributed by atoms with E-state index in [1.807, 2.05) is 16.8 Å². The van der Waals surface area contributed by atoms with Gasteiger partial charge in [-0.25, -0.2) is 15.0 Å². The van der Waals surface area contributed by atoms with E-state index in [1.54, 1.807) is 6.33 Å². The normalized spacial score (nSPS) is 15.5. The van der Waals surface area contributed by atoms with Gasteiger partial charge in [-0.05, 0) is 37.5 Å². The quantitative estimate of drug-likeness (QED) is 0.804. The van der Waals surface area contributed by atoms with Gasteiger partial charge in [-0.1, -0.05) is 12.8 Å². The number of anilines is 1. The number of nitrogen functional groups attached to an aromatic ring is 1. The van der Waals surface area contributed by atoms with E-state index in [1.165, 1.54) is 18.4 Å². The van der Waals surface area contributed by atoms with Gasteiger partial charge in [0.05, 0.1) is 18.6 Å². The Morgan fingerprint density at radius 1 is 1.22 bits per heavy atom. The molecule has 1 saturated carbocycles. The molecule has 1 aliphatic carbocycles. The van der Waals surface area contributed by atoms with Crippen LogP contribution in [-0.2, 0) is 6.54 Å². The van der Waals surface area contributed by atoms with Gasteiger partial charge < -0.3 is 10.3 Å². The average molecular weight is 308 g/mol. The Balaban J connectivity index is 1.75. The molecule has 0 radical (unpaired) electrons. The Morgan fingerprint density at radius 2 is 2.04 bits per heavy atom. The molecule has 0 spiro atoms. The Kier molecular flexibility index (Phi) is 3.44. The third-order valence-electron chi connectivity index (χ3n) is 4.53. The summed E-state index contributed by atoms with van der Waals surface area (Å²) < 4.78 is 2.01. The van der Waals surface area contributed by atoms with Gasteiger partial charge in [0.1, 0.15) is 11.3 Å². The average Bonchev–Trinajstić information content (AvgIpc) is 3.18. The van der Waals surface area contributed by atoms with Gasteiger partial charge >= 0.3 is 0 Å². The first-order chi connectivity index (χ1) is 11.2. The summed E-state index contributed by atoms with van der Waals surface area (Å²) in [7, 11) is 0. The van der Waals surface area contributed by atoms with Crippen LogP contribution in [0.25, 0.3) is 11.2 Å². The molecule has 1 fully saturated rings. The summed E-state index contributed by atoms with van der Waals surface area (Å²) in [5, 5.41) is 0. The molecule has 3 aromatic rings. The highest BCUT2D eigenvalue weighted by molar-refractivity contribution is 5.81. The van der Waals surface area contributed by atoms with Crippen LogP contribution in [0, 0.1) is 6.92 Å². The maximum Gasteiger partial charge on any atom is 0.166 e. The van der Waals surface area contributed by atoms with E-state index in [-0.39, 0.29) is 0 Å². The molecule has 0 unspecified atom stereocenters. The van der Waals surface area contributed by atoms with Crippen molar-refractivity contribution < 1.29 is 0 Å². The van der Waals surface area contributed by atoms with Crippen LogP contribution in [0.4, 0.5) is 5.82 Å². The Bertz CT molecular complexity index is 847. The van der Waals surface area contributed by atoms with Crippen molar-refractivity contribution in [2.75, 3.05) is 5.73 Å². The largest absolute Gasteiger partial charge is 0.382 e. The second-order valence-corrected chi connectivity index (χ2v) is 6.32. The second kappa shape index (κ2) is 5.61. The van der Waals surface area contributed by atoms with Crippen molar-refractivity contribution >= 4 is 17.0 Å². The van der Waals surface area contributed by atoms with Crippen LogP contribution in [0.3, 0.4) is 0 Å². The zero-order chi connectivity index (χ0) is 15.8. The molecular formula is C17H20N6. The summed E-state index contributed by atoms with van der Waals surface area (Å²) in [6.07, 6.45) is 8.41. The lowest BCUT2D eigenvalue weighted by atomic mass is 10.1. The highest BCUT2D eigenvalue weighted by atomic mass is 15.1. The van der Waals surface area contributed by atoms with Crippen LogP contribution in [-0.4, -0.2) is 24.5 Å². The molecule has 0 amide bonds. The second-order valence-electron chi connectivity index (χ2n) is 6.32. The van der Waals surface area contributed by atoms with E-state index < -0.39 is 0 Å². The predicted octanol–water partition coefficient (Wildman–Crippen LogP) is 2.82. The fourth-order valence-electron chi connectivity index (χ4n) is 3.33. The van der Waals surface area contributed by atoms with E-state index in [0.717, 1.165) is 30.0 Å². The van der Waals surface area contributed by atoms with Crippen molar-refractivity contribution in [2.45, 2.75) is 45.1 Å². The number of aryl methyl sites for hydroxylation is 1. The van der Waals surface area contributed by atoms with Gasteiger partial charge in [-0.3, -0.25) is 4.98 Å². The molecule has 6 heteroatoms. The summed E-state index contributed by atoms with van der Waals surface area (Å²) in [6.45, 7) is 2.70. The molecule has 6 nitrogen and oxygen atoms in total. The van der Waals surface area contributed by atoms with Crippen molar-refractivity contribution in [1.82, 2.24) is 24.5 Å². The van der Waals surface area contributed by atoms with E-state index in [0.29, 0.717) is 23.8 Å². The first kappa shape index (κ1) is 14.1. The van der Waals surface area contributed by atoms with Gasteiger partial charge in [-0.15, -0.1) is 0 Å². The number of rotatable bonds is 3. The van der Waals surface area contributed by atoms with Crippen LogP contribution in [0.5, 0.6) is 0 Å². The minimum absolute atomic E-state index is 0.433. The fraction of sp³-hybridized carbons (Fsp3) is 0.412. The summed E-state index contributed by atoms with van der Waals surface area (Å²) >= 11 is 0. The lowest BCUT2D eigenvalue weighted by Gasteiger charge is -2.10. The van der Waals surface area contributed by atoms with Gasteiger partial charge in [0, 0.05) is 12.1 Å². The predicted molar refractivity (Wildman–Crippen MR) is 89.0 cm³/mol. The van der Waals surface area contributed by atoms with Crippen LogP contribution in [0.15, 0.2) is 24.7 Å². The number of nitrogens with zero attached hydrogens (tertiary/aromatic N) is 5. The Hall–Kier alpha value is -2.50. The Labute approximate surface area is 134 Å². The third kappa shape index (κ3) is 2.65. The molecule has 4 rings (SSSR count). The van der Waals surface area contributed by atoms with Crippen LogP contribution in [0.2, 0.25) is 0 Å². The topological polar surface area (TPSA) is 82.5 Å². The summed E-state index contributed by atoms with van der Waals surface area (Å²) in [6, 6.07) is 4.07. The smallest absolute Gasteiger partial charge is 0.166 e. The molecule has 0 aromatic carbocycles. The monoisotopic (exact) mass is 308 g/mol. The van der Waals surface area contributed by atoms with Crippen LogP contribution < -0.4 is 5.73 Å². The molecule has 118 valence electrons. The fourth-order valence-corrected chi connectivity index (χ4v) is 3.33. The number of aromatic nitrogens is 5. The maximum absolute atomic E-state index is 6.11. The molecule has 2 N–H and O–H groups in total. The lowest BCUT2D eigenvalue weighted by molar-refractivity contribution is 0.669. The third-order valence-corrected chi connectivity index (χ3v) is 4.53. The number of hydrogen-bond acceptors (Lipinski definition) is 5. The van der Waals surface area contributed by atoms with Gasteiger partial charge in [-0.2, -0.15) is 0 Å². The van der Waals surface area contributed by atoms with Crippen molar-refractivity contribution in [1.29, 1.82) is 0 Å². The molecule has 3 heterocycles. The number of fused-ring (bicyclic) bond motifs is 1.